The Morgan fingerprint density at radius 3 is 2.60 bits per heavy atom. The fourth-order valence-electron chi connectivity index (χ4n) is 2.49. The molecule has 1 fully saturated rings. The van der Waals surface area contributed by atoms with Crippen LogP contribution in [0.25, 0.3) is 0 Å². The number of para-hydroxylation sites is 1. The maximum atomic E-state index is 5.82. The highest BCUT2D eigenvalue weighted by Crippen LogP contribution is 2.26. The number of piperidine rings is 1. The minimum absolute atomic E-state index is 0.439. The molecule has 1 saturated heterocycles. The molecule has 1 N–H and O–H groups in total. The van der Waals surface area contributed by atoms with E-state index >= 15 is 0 Å². The van der Waals surface area contributed by atoms with Crippen molar-refractivity contribution in [1.82, 2.24) is 15.3 Å². The Hall–Kier alpha value is -1.94. The molecule has 2 aromatic rings. The zero-order chi connectivity index (χ0) is 13.8. The number of nitrogens with one attached hydrogen (secondary N) is 1. The summed E-state index contributed by atoms with van der Waals surface area (Å²) in [6.45, 7) is 4.07. The number of ether oxygens (including phenoxy) is 1. The molecule has 0 unspecified atom stereocenters. The first-order chi connectivity index (χ1) is 9.81. The third-order valence-corrected chi connectivity index (χ3v) is 3.52. The van der Waals surface area contributed by atoms with E-state index in [0.717, 1.165) is 43.2 Å². The van der Waals surface area contributed by atoms with Crippen LogP contribution in [-0.2, 0) is 0 Å². The summed E-state index contributed by atoms with van der Waals surface area (Å²) in [4.78, 5) is 9.17. The Morgan fingerprint density at radius 1 is 1.10 bits per heavy atom. The quantitative estimate of drug-likeness (QED) is 0.930. The van der Waals surface area contributed by atoms with Crippen LogP contribution < -0.4 is 10.1 Å². The van der Waals surface area contributed by atoms with Gasteiger partial charge in [-0.3, -0.25) is 0 Å². The van der Waals surface area contributed by atoms with E-state index < -0.39 is 0 Å². The summed E-state index contributed by atoms with van der Waals surface area (Å²) < 4.78 is 5.82. The van der Waals surface area contributed by atoms with Crippen molar-refractivity contribution < 1.29 is 4.74 Å². The third kappa shape index (κ3) is 3.14. The molecule has 0 bridgehead atoms. The van der Waals surface area contributed by atoms with E-state index in [1.165, 1.54) is 0 Å². The maximum Gasteiger partial charge on any atom is 0.222 e. The fraction of sp³-hybridized carbons (Fsp3) is 0.375. The van der Waals surface area contributed by atoms with Gasteiger partial charge < -0.3 is 10.1 Å². The van der Waals surface area contributed by atoms with Gasteiger partial charge in [-0.2, -0.15) is 4.98 Å². The molecule has 0 radical (unpaired) electrons. The highest BCUT2D eigenvalue weighted by atomic mass is 16.5. The molecule has 1 aliphatic heterocycles. The molecular formula is C16H19N3O. The van der Waals surface area contributed by atoms with Crippen LogP contribution in [-0.4, -0.2) is 23.1 Å². The topological polar surface area (TPSA) is 47.0 Å². The number of aryl methyl sites for hydroxylation is 1. The average Bonchev–Trinajstić information content (AvgIpc) is 2.49. The normalized spacial score (nSPS) is 16.1. The van der Waals surface area contributed by atoms with Crippen LogP contribution in [0, 0.1) is 6.92 Å². The van der Waals surface area contributed by atoms with Crippen LogP contribution in [0.4, 0.5) is 0 Å². The molecule has 20 heavy (non-hydrogen) atoms. The van der Waals surface area contributed by atoms with Crippen LogP contribution in [0.15, 0.2) is 36.4 Å². The molecule has 104 valence electrons. The molecule has 1 aromatic carbocycles. The van der Waals surface area contributed by atoms with Crippen LogP contribution in [0.1, 0.15) is 30.3 Å². The lowest BCUT2D eigenvalue weighted by atomic mass is 9.97. The number of nitrogens with zero attached hydrogens (tertiary/aromatic N) is 2. The second kappa shape index (κ2) is 6.01. The van der Waals surface area contributed by atoms with E-state index in [9.17, 15) is 0 Å². The molecule has 4 heteroatoms. The van der Waals surface area contributed by atoms with Crippen molar-refractivity contribution in [2.45, 2.75) is 25.7 Å². The maximum absolute atomic E-state index is 5.82. The van der Waals surface area contributed by atoms with Gasteiger partial charge in [0.05, 0.1) is 0 Å². The lowest BCUT2D eigenvalue weighted by Crippen LogP contribution is -2.27. The van der Waals surface area contributed by atoms with Crippen molar-refractivity contribution >= 4 is 0 Å². The van der Waals surface area contributed by atoms with Gasteiger partial charge >= 0.3 is 0 Å². The van der Waals surface area contributed by atoms with Crippen LogP contribution in [0.2, 0.25) is 0 Å². The monoisotopic (exact) mass is 269 g/mol. The molecule has 0 saturated carbocycles. The first-order valence-corrected chi connectivity index (χ1v) is 7.10. The number of benzene rings is 1. The highest BCUT2D eigenvalue weighted by molar-refractivity contribution is 5.27. The van der Waals surface area contributed by atoms with Crippen LogP contribution in [0.5, 0.6) is 11.6 Å². The van der Waals surface area contributed by atoms with Gasteiger partial charge in [-0.05, 0) is 45.0 Å². The van der Waals surface area contributed by atoms with E-state index in [-0.39, 0.29) is 0 Å². The van der Waals surface area contributed by atoms with Crippen molar-refractivity contribution in [1.29, 1.82) is 0 Å². The highest BCUT2D eigenvalue weighted by Gasteiger charge is 2.19. The lowest BCUT2D eigenvalue weighted by molar-refractivity contribution is 0.424. The van der Waals surface area contributed by atoms with E-state index in [1.807, 2.05) is 43.3 Å². The second-order valence-corrected chi connectivity index (χ2v) is 5.15. The SMILES string of the molecule is Cc1cc(Oc2ccccc2)nc(C2CCNCC2)n1. The number of rotatable bonds is 3. The van der Waals surface area contributed by atoms with Gasteiger partial charge in [0.1, 0.15) is 11.6 Å². The van der Waals surface area contributed by atoms with Gasteiger partial charge in [0.15, 0.2) is 0 Å². The number of hydrogen-bond donors (Lipinski definition) is 1. The Morgan fingerprint density at radius 2 is 1.85 bits per heavy atom. The standard InChI is InChI=1S/C16H19N3O/c1-12-11-15(20-14-5-3-2-4-6-14)19-16(18-12)13-7-9-17-10-8-13/h2-6,11,13,17H,7-10H2,1H3. The summed E-state index contributed by atoms with van der Waals surface area (Å²) in [5.41, 5.74) is 0.958. The van der Waals surface area contributed by atoms with Crippen LogP contribution >= 0.6 is 0 Å². The van der Waals surface area contributed by atoms with Crippen molar-refractivity contribution in [3.8, 4) is 11.6 Å². The van der Waals surface area contributed by atoms with Gasteiger partial charge in [0, 0.05) is 17.7 Å². The zero-order valence-electron chi connectivity index (χ0n) is 11.7. The van der Waals surface area contributed by atoms with E-state index in [4.69, 9.17) is 4.74 Å². The second-order valence-electron chi connectivity index (χ2n) is 5.15. The van der Waals surface area contributed by atoms with Crippen molar-refractivity contribution in [2.75, 3.05) is 13.1 Å². The van der Waals surface area contributed by atoms with Crippen molar-refractivity contribution in [2.24, 2.45) is 0 Å². The summed E-state index contributed by atoms with van der Waals surface area (Å²) >= 11 is 0. The fourth-order valence-corrected chi connectivity index (χ4v) is 2.49. The first kappa shape index (κ1) is 13.1. The van der Waals surface area contributed by atoms with Crippen LogP contribution in [0.3, 0.4) is 0 Å². The molecule has 0 aliphatic carbocycles. The van der Waals surface area contributed by atoms with Gasteiger partial charge in [-0.1, -0.05) is 18.2 Å². The van der Waals surface area contributed by atoms with Crippen molar-refractivity contribution in [3.05, 3.63) is 47.9 Å². The Balaban J connectivity index is 1.82. The molecule has 0 spiro atoms. The third-order valence-electron chi connectivity index (χ3n) is 3.52. The van der Waals surface area contributed by atoms with Gasteiger partial charge in [0.2, 0.25) is 5.88 Å². The van der Waals surface area contributed by atoms with Gasteiger partial charge in [-0.25, -0.2) is 4.98 Å². The molecular weight excluding hydrogens is 250 g/mol. The first-order valence-electron chi connectivity index (χ1n) is 7.10. The molecule has 0 atom stereocenters. The van der Waals surface area contributed by atoms with Gasteiger partial charge in [-0.15, -0.1) is 0 Å². The summed E-state index contributed by atoms with van der Waals surface area (Å²) in [5, 5.41) is 3.37. The van der Waals surface area contributed by atoms with E-state index in [1.54, 1.807) is 0 Å². The molecule has 0 amide bonds. The van der Waals surface area contributed by atoms with E-state index in [2.05, 4.69) is 15.3 Å². The lowest BCUT2D eigenvalue weighted by Gasteiger charge is -2.21. The largest absolute Gasteiger partial charge is 0.439 e. The molecule has 4 nitrogen and oxygen atoms in total. The Kier molecular flexibility index (Phi) is 3.92. The number of aromatic nitrogens is 2. The minimum Gasteiger partial charge on any atom is -0.439 e. The summed E-state index contributed by atoms with van der Waals surface area (Å²) in [6, 6.07) is 11.6. The Labute approximate surface area is 119 Å². The average molecular weight is 269 g/mol. The summed E-state index contributed by atoms with van der Waals surface area (Å²) in [5.74, 6) is 2.80. The summed E-state index contributed by atoms with van der Waals surface area (Å²) in [6.07, 6.45) is 2.18. The predicted molar refractivity (Wildman–Crippen MR) is 78.1 cm³/mol. The predicted octanol–water partition coefficient (Wildman–Crippen LogP) is 3.04. The Bertz CT molecular complexity index is 565. The minimum atomic E-state index is 0.439. The number of hydrogen-bond acceptors (Lipinski definition) is 4. The molecule has 3 rings (SSSR count). The molecule has 1 aromatic heterocycles. The zero-order valence-corrected chi connectivity index (χ0v) is 11.7. The summed E-state index contributed by atoms with van der Waals surface area (Å²) in [7, 11) is 0. The van der Waals surface area contributed by atoms with Crippen molar-refractivity contribution in [3.63, 3.8) is 0 Å². The molecule has 1 aliphatic rings. The van der Waals surface area contributed by atoms with E-state index in [0.29, 0.717) is 11.8 Å². The van der Waals surface area contributed by atoms with Gasteiger partial charge in [0.25, 0.3) is 0 Å². The molecule has 2 heterocycles. The smallest absolute Gasteiger partial charge is 0.222 e.